The van der Waals surface area contributed by atoms with Crippen LogP contribution in [0.1, 0.15) is 18.1 Å². The van der Waals surface area contributed by atoms with Crippen LogP contribution in [0.15, 0.2) is 52.6 Å². The fourth-order valence-electron chi connectivity index (χ4n) is 3.18. The van der Waals surface area contributed by atoms with E-state index in [1.165, 1.54) is 4.31 Å². The van der Waals surface area contributed by atoms with Gasteiger partial charge in [0.2, 0.25) is 10.0 Å². The molecule has 0 saturated carbocycles. The zero-order valence-corrected chi connectivity index (χ0v) is 17.6. The maximum atomic E-state index is 12.2. The standard InChI is InChI=1S/C19H19ClN4O2S2/c1-2-28(25,26)24-9-8-14-10-13(6-7-18(14)24)17-12-27-19(23-22-17)21-16-5-3-4-15(20)11-16/h3-7,10-11H,2,8-9,12H2,1H3,(H,21,23). The molecule has 9 heteroatoms. The predicted octanol–water partition coefficient (Wildman–Crippen LogP) is 3.78. The lowest BCUT2D eigenvalue weighted by Crippen LogP contribution is -2.30. The molecule has 0 aromatic heterocycles. The summed E-state index contributed by atoms with van der Waals surface area (Å²) >= 11 is 7.56. The van der Waals surface area contributed by atoms with Gasteiger partial charge in [0.15, 0.2) is 5.17 Å². The van der Waals surface area contributed by atoms with Gasteiger partial charge in [-0.25, -0.2) is 13.4 Å². The second-order valence-corrected chi connectivity index (χ2v) is 10.0. The van der Waals surface area contributed by atoms with E-state index in [2.05, 4.69) is 15.5 Å². The maximum absolute atomic E-state index is 12.2. The minimum Gasteiger partial charge on any atom is -0.270 e. The van der Waals surface area contributed by atoms with Crippen molar-refractivity contribution >= 4 is 55.6 Å². The molecule has 0 amide bonds. The molecule has 2 aliphatic rings. The molecule has 6 nitrogen and oxygen atoms in total. The first kappa shape index (κ1) is 19.3. The van der Waals surface area contributed by atoms with E-state index in [1.54, 1.807) is 24.8 Å². The quantitative estimate of drug-likeness (QED) is 0.794. The van der Waals surface area contributed by atoms with Gasteiger partial charge in [0.25, 0.3) is 0 Å². The molecular formula is C19H19ClN4O2S2. The van der Waals surface area contributed by atoms with Gasteiger partial charge in [-0.05, 0) is 54.8 Å². The van der Waals surface area contributed by atoms with E-state index in [9.17, 15) is 8.42 Å². The summed E-state index contributed by atoms with van der Waals surface area (Å²) in [6.07, 6.45) is 0.720. The molecule has 0 fully saturated rings. The van der Waals surface area contributed by atoms with Gasteiger partial charge >= 0.3 is 0 Å². The molecule has 0 bridgehead atoms. The van der Waals surface area contributed by atoms with Gasteiger partial charge in [-0.1, -0.05) is 35.5 Å². The Morgan fingerprint density at radius 3 is 2.86 bits per heavy atom. The topological polar surface area (TPSA) is 74.1 Å². The van der Waals surface area contributed by atoms with Crippen LogP contribution < -0.4 is 9.73 Å². The SMILES string of the molecule is CCS(=O)(=O)N1CCc2cc(C3=NNC(=Nc4cccc(Cl)c4)SC3)ccc21. The summed E-state index contributed by atoms with van der Waals surface area (Å²) in [5.74, 6) is 0.790. The van der Waals surface area contributed by atoms with E-state index in [1.807, 2.05) is 36.4 Å². The van der Waals surface area contributed by atoms with Crippen molar-refractivity contribution < 1.29 is 8.42 Å². The lowest BCUT2D eigenvalue weighted by atomic mass is 10.1. The fourth-order valence-corrected chi connectivity index (χ4v) is 5.31. The Morgan fingerprint density at radius 2 is 2.14 bits per heavy atom. The van der Waals surface area contributed by atoms with E-state index in [4.69, 9.17) is 11.6 Å². The van der Waals surface area contributed by atoms with Gasteiger partial charge in [-0.15, -0.1) is 0 Å². The second kappa shape index (κ2) is 7.77. The van der Waals surface area contributed by atoms with Gasteiger partial charge in [0.05, 0.1) is 22.8 Å². The van der Waals surface area contributed by atoms with Crippen molar-refractivity contribution in [3.05, 3.63) is 58.6 Å². The number of hydrogen-bond acceptors (Lipinski definition) is 5. The summed E-state index contributed by atoms with van der Waals surface area (Å²) in [4.78, 5) is 4.51. The molecule has 0 aliphatic carbocycles. The van der Waals surface area contributed by atoms with Crippen LogP contribution in [-0.2, 0) is 16.4 Å². The van der Waals surface area contributed by atoms with Crippen LogP contribution in [-0.4, -0.2) is 37.3 Å². The third-order valence-corrected chi connectivity index (χ3v) is 7.53. The van der Waals surface area contributed by atoms with E-state index >= 15 is 0 Å². The van der Waals surface area contributed by atoms with Crippen LogP contribution >= 0.6 is 23.4 Å². The van der Waals surface area contributed by atoms with Crippen LogP contribution in [0.4, 0.5) is 11.4 Å². The highest BCUT2D eigenvalue weighted by Gasteiger charge is 2.28. The maximum Gasteiger partial charge on any atom is 0.234 e. The highest BCUT2D eigenvalue weighted by molar-refractivity contribution is 8.14. The lowest BCUT2D eigenvalue weighted by Gasteiger charge is -2.19. The number of fused-ring (bicyclic) bond motifs is 1. The second-order valence-electron chi connectivity index (χ2n) is 6.42. The Hall–Kier alpha value is -2.03. The van der Waals surface area contributed by atoms with Crippen LogP contribution in [0, 0.1) is 0 Å². The number of sulfonamides is 1. The molecule has 4 rings (SSSR count). The number of nitrogens with one attached hydrogen (secondary N) is 1. The number of nitrogens with zero attached hydrogens (tertiary/aromatic N) is 3. The molecule has 2 aliphatic heterocycles. The van der Waals surface area contributed by atoms with E-state index < -0.39 is 10.0 Å². The molecule has 2 aromatic rings. The third kappa shape index (κ3) is 3.90. The molecule has 0 spiro atoms. The van der Waals surface area contributed by atoms with Gasteiger partial charge in [0, 0.05) is 17.3 Å². The molecule has 1 N–H and O–H groups in total. The van der Waals surface area contributed by atoms with Gasteiger partial charge in [0.1, 0.15) is 0 Å². The number of halogens is 1. The van der Waals surface area contributed by atoms with E-state index in [-0.39, 0.29) is 5.75 Å². The van der Waals surface area contributed by atoms with Gasteiger partial charge in [-0.2, -0.15) is 5.10 Å². The van der Waals surface area contributed by atoms with Crippen LogP contribution in [0.2, 0.25) is 5.02 Å². The summed E-state index contributed by atoms with van der Waals surface area (Å²) in [7, 11) is -3.23. The Balaban J connectivity index is 1.53. The van der Waals surface area contributed by atoms with Gasteiger partial charge in [-0.3, -0.25) is 9.73 Å². The fraction of sp³-hybridized carbons (Fsp3) is 0.263. The molecule has 0 saturated heterocycles. The van der Waals surface area contributed by atoms with Crippen molar-refractivity contribution in [2.75, 3.05) is 22.4 Å². The smallest absolute Gasteiger partial charge is 0.234 e. The summed E-state index contributed by atoms with van der Waals surface area (Å²) < 4.78 is 26.0. The number of hydrogen-bond donors (Lipinski definition) is 1. The number of thioether (sulfide) groups is 1. The zero-order chi connectivity index (χ0) is 19.7. The Kier molecular flexibility index (Phi) is 5.35. The summed E-state index contributed by atoms with van der Waals surface area (Å²) in [6.45, 7) is 2.18. The van der Waals surface area contributed by atoms with Crippen molar-refractivity contribution in [1.29, 1.82) is 0 Å². The highest BCUT2D eigenvalue weighted by atomic mass is 35.5. The van der Waals surface area contributed by atoms with Gasteiger partial charge < -0.3 is 0 Å². The monoisotopic (exact) mass is 434 g/mol. The normalized spacial score (nSPS) is 18.0. The molecule has 0 radical (unpaired) electrons. The lowest BCUT2D eigenvalue weighted by molar-refractivity contribution is 0.593. The Bertz CT molecular complexity index is 1080. The van der Waals surface area contributed by atoms with Crippen LogP contribution in [0.5, 0.6) is 0 Å². The first-order valence-corrected chi connectivity index (χ1v) is 11.9. The number of amidine groups is 1. The van der Waals surface area contributed by atoms with Crippen molar-refractivity contribution in [2.45, 2.75) is 13.3 Å². The molecule has 0 atom stereocenters. The summed E-state index contributed by atoms with van der Waals surface area (Å²) in [6, 6.07) is 13.2. The van der Waals surface area contributed by atoms with Crippen molar-refractivity contribution in [2.24, 2.45) is 10.1 Å². The Morgan fingerprint density at radius 1 is 1.29 bits per heavy atom. The number of benzene rings is 2. The first-order chi connectivity index (χ1) is 13.5. The number of aliphatic imine (C=N–C) groups is 1. The molecular weight excluding hydrogens is 416 g/mol. The number of hydrazone groups is 1. The average molecular weight is 435 g/mol. The molecule has 28 heavy (non-hydrogen) atoms. The third-order valence-electron chi connectivity index (χ3n) is 4.64. The molecule has 0 unspecified atom stereocenters. The molecule has 2 heterocycles. The van der Waals surface area contributed by atoms with Crippen molar-refractivity contribution in [1.82, 2.24) is 5.43 Å². The highest BCUT2D eigenvalue weighted by Crippen LogP contribution is 2.32. The van der Waals surface area contributed by atoms with Crippen molar-refractivity contribution in [3.8, 4) is 0 Å². The summed E-state index contributed by atoms with van der Waals surface area (Å²) in [5, 5.41) is 5.82. The van der Waals surface area contributed by atoms with E-state index in [0.717, 1.165) is 34.6 Å². The predicted molar refractivity (Wildman–Crippen MR) is 118 cm³/mol. The number of rotatable bonds is 4. The Labute approximate surface area is 173 Å². The summed E-state index contributed by atoms with van der Waals surface area (Å²) in [5.41, 5.74) is 7.50. The number of anilines is 1. The first-order valence-electron chi connectivity index (χ1n) is 8.89. The average Bonchev–Trinajstić information content (AvgIpc) is 3.13. The van der Waals surface area contributed by atoms with E-state index in [0.29, 0.717) is 22.5 Å². The largest absolute Gasteiger partial charge is 0.270 e. The zero-order valence-electron chi connectivity index (χ0n) is 15.2. The van der Waals surface area contributed by atoms with Crippen molar-refractivity contribution in [3.63, 3.8) is 0 Å². The molecule has 2 aromatic carbocycles. The van der Waals surface area contributed by atoms with Crippen LogP contribution in [0.25, 0.3) is 0 Å². The minimum atomic E-state index is -3.23. The minimum absolute atomic E-state index is 0.107. The van der Waals surface area contributed by atoms with Crippen LogP contribution in [0.3, 0.4) is 0 Å². The molecule has 146 valence electrons.